The molecular weight excluding hydrogens is 378 g/mol. The predicted octanol–water partition coefficient (Wildman–Crippen LogP) is 3.44. The molecule has 0 fully saturated rings. The summed E-state index contributed by atoms with van der Waals surface area (Å²) in [5, 5.41) is 5.67. The summed E-state index contributed by atoms with van der Waals surface area (Å²) in [6, 6.07) is 19.5. The third-order valence-electron chi connectivity index (χ3n) is 5.05. The third-order valence-corrected chi connectivity index (χ3v) is 5.05. The second kappa shape index (κ2) is 8.78. The Morgan fingerprint density at radius 3 is 2.77 bits per heavy atom. The van der Waals surface area contributed by atoms with Crippen molar-refractivity contribution in [3.05, 3.63) is 82.9 Å². The summed E-state index contributed by atoms with van der Waals surface area (Å²) < 4.78 is 7.20. The summed E-state index contributed by atoms with van der Waals surface area (Å²) in [7, 11) is 0. The Hall–Kier alpha value is -3.67. The number of hydrogen-bond acceptors (Lipinski definition) is 4. The lowest BCUT2D eigenvalue weighted by Gasteiger charge is -2.10. The molecule has 152 valence electrons. The van der Waals surface area contributed by atoms with E-state index >= 15 is 0 Å². The second-order valence-electron chi connectivity index (χ2n) is 7.17. The van der Waals surface area contributed by atoms with E-state index in [0.29, 0.717) is 24.1 Å². The topological polar surface area (TPSA) is 73.2 Å². The molecule has 0 spiro atoms. The zero-order valence-electron chi connectivity index (χ0n) is 16.8. The first-order chi connectivity index (χ1) is 14.6. The number of amides is 1. The van der Waals surface area contributed by atoms with Gasteiger partial charge in [0.15, 0.2) is 0 Å². The number of hydrogen-bond donors (Lipinski definition) is 1. The van der Waals surface area contributed by atoms with Crippen molar-refractivity contribution >= 4 is 27.6 Å². The Balaban J connectivity index is 1.26. The van der Waals surface area contributed by atoms with E-state index in [1.165, 1.54) is 10.9 Å². The van der Waals surface area contributed by atoms with Gasteiger partial charge in [-0.3, -0.25) is 14.2 Å². The van der Waals surface area contributed by atoms with E-state index in [1.807, 2.05) is 55.5 Å². The quantitative estimate of drug-likeness (QED) is 0.482. The Bertz CT molecular complexity index is 1260. The lowest BCUT2D eigenvalue weighted by Crippen LogP contribution is -2.30. The number of aryl methyl sites for hydroxylation is 2. The molecule has 0 aliphatic rings. The molecule has 0 saturated carbocycles. The molecule has 4 rings (SSSR count). The highest BCUT2D eigenvalue weighted by Gasteiger charge is 2.08. The monoisotopic (exact) mass is 401 g/mol. The van der Waals surface area contributed by atoms with Gasteiger partial charge in [-0.2, -0.15) is 0 Å². The minimum atomic E-state index is -0.131. The van der Waals surface area contributed by atoms with E-state index < -0.39 is 0 Å². The molecule has 3 aromatic carbocycles. The predicted molar refractivity (Wildman–Crippen MR) is 118 cm³/mol. The molecule has 0 bridgehead atoms. The number of aromatic nitrogens is 2. The van der Waals surface area contributed by atoms with E-state index in [9.17, 15) is 9.59 Å². The van der Waals surface area contributed by atoms with Crippen LogP contribution in [0, 0.1) is 6.92 Å². The van der Waals surface area contributed by atoms with Gasteiger partial charge < -0.3 is 10.1 Å². The molecule has 1 amide bonds. The van der Waals surface area contributed by atoms with E-state index in [-0.39, 0.29) is 24.4 Å². The second-order valence-corrected chi connectivity index (χ2v) is 7.17. The molecule has 1 N–H and O–H groups in total. The lowest BCUT2D eigenvalue weighted by atomic mass is 10.1. The largest absolute Gasteiger partial charge is 0.492 e. The van der Waals surface area contributed by atoms with Crippen molar-refractivity contribution in [2.24, 2.45) is 0 Å². The van der Waals surface area contributed by atoms with Crippen LogP contribution < -0.4 is 15.6 Å². The van der Waals surface area contributed by atoms with Crippen LogP contribution in [0.2, 0.25) is 0 Å². The Morgan fingerprint density at radius 2 is 1.90 bits per heavy atom. The van der Waals surface area contributed by atoms with Crippen LogP contribution in [0.4, 0.5) is 0 Å². The number of carbonyl (C=O) groups is 1. The van der Waals surface area contributed by atoms with E-state index in [1.54, 1.807) is 6.07 Å². The van der Waals surface area contributed by atoms with Crippen LogP contribution in [0.25, 0.3) is 21.7 Å². The van der Waals surface area contributed by atoms with Crippen molar-refractivity contribution in [1.29, 1.82) is 0 Å². The van der Waals surface area contributed by atoms with Crippen LogP contribution in [-0.2, 0) is 11.3 Å². The van der Waals surface area contributed by atoms with Crippen molar-refractivity contribution < 1.29 is 9.53 Å². The molecule has 30 heavy (non-hydrogen) atoms. The van der Waals surface area contributed by atoms with E-state index in [2.05, 4.69) is 16.4 Å². The maximum Gasteiger partial charge on any atom is 0.261 e. The number of rotatable bonds is 7. The number of para-hydroxylation sites is 1. The number of benzene rings is 3. The SMILES string of the molecule is Cc1cccc2c(=O)n(CCC(=O)NCCOc3ccc4ccccc4c3)cnc12. The fourth-order valence-electron chi connectivity index (χ4n) is 3.42. The molecule has 6 heteroatoms. The Kier molecular flexibility index (Phi) is 5.75. The number of fused-ring (bicyclic) bond motifs is 2. The van der Waals surface area contributed by atoms with Crippen LogP contribution in [0.3, 0.4) is 0 Å². The molecule has 1 heterocycles. The summed E-state index contributed by atoms with van der Waals surface area (Å²) in [6.07, 6.45) is 1.71. The number of nitrogens with zero attached hydrogens (tertiary/aromatic N) is 2. The van der Waals surface area contributed by atoms with Crippen LogP contribution in [0.5, 0.6) is 5.75 Å². The average Bonchev–Trinajstić information content (AvgIpc) is 2.77. The Labute approximate surface area is 174 Å². The zero-order valence-corrected chi connectivity index (χ0v) is 16.8. The van der Waals surface area contributed by atoms with Gasteiger partial charge in [0.1, 0.15) is 12.4 Å². The molecule has 4 aromatic rings. The molecule has 0 radical (unpaired) electrons. The van der Waals surface area contributed by atoms with Gasteiger partial charge in [0.25, 0.3) is 5.56 Å². The summed E-state index contributed by atoms with van der Waals surface area (Å²) in [5.41, 5.74) is 1.53. The van der Waals surface area contributed by atoms with Crippen LogP contribution in [0.1, 0.15) is 12.0 Å². The van der Waals surface area contributed by atoms with Gasteiger partial charge in [-0.15, -0.1) is 0 Å². The first-order valence-electron chi connectivity index (χ1n) is 9.95. The highest BCUT2D eigenvalue weighted by molar-refractivity contribution is 5.83. The molecule has 0 saturated heterocycles. The summed E-state index contributed by atoms with van der Waals surface area (Å²) in [4.78, 5) is 29.1. The zero-order chi connectivity index (χ0) is 20.9. The number of carbonyl (C=O) groups excluding carboxylic acids is 1. The summed E-state index contributed by atoms with van der Waals surface area (Å²) >= 11 is 0. The van der Waals surface area contributed by atoms with Gasteiger partial charge in [0.2, 0.25) is 5.91 Å². The van der Waals surface area contributed by atoms with Gasteiger partial charge in [-0.1, -0.05) is 42.5 Å². The molecule has 6 nitrogen and oxygen atoms in total. The maximum absolute atomic E-state index is 12.6. The van der Waals surface area contributed by atoms with Crippen LogP contribution in [0.15, 0.2) is 71.8 Å². The first kappa shape index (κ1) is 19.6. The first-order valence-corrected chi connectivity index (χ1v) is 9.95. The van der Waals surface area contributed by atoms with Gasteiger partial charge >= 0.3 is 0 Å². The smallest absolute Gasteiger partial charge is 0.261 e. The molecular formula is C24H23N3O3. The van der Waals surface area contributed by atoms with Crippen molar-refractivity contribution in [2.45, 2.75) is 19.9 Å². The third kappa shape index (κ3) is 4.33. The van der Waals surface area contributed by atoms with Gasteiger partial charge in [-0.05, 0) is 41.5 Å². The fraction of sp³-hybridized carbons (Fsp3) is 0.208. The number of ether oxygens (including phenoxy) is 1. The van der Waals surface area contributed by atoms with Crippen molar-refractivity contribution in [3.8, 4) is 5.75 Å². The summed E-state index contributed by atoms with van der Waals surface area (Å²) in [5.74, 6) is 0.639. The molecule has 1 aromatic heterocycles. The highest BCUT2D eigenvalue weighted by Crippen LogP contribution is 2.20. The minimum absolute atomic E-state index is 0.129. The fourth-order valence-corrected chi connectivity index (χ4v) is 3.42. The molecule has 0 aliphatic heterocycles. The highest BCUT2D eigenvalue weighted by atomic mass is 16.5. The van der Waals surface area contributed by atoms with E-state index in [0.717, 1.165) is 22.1 Å². The van der Waals surface area contributed by atoms with E-state index in [4.69, 9.17) is 4.74 Å². The normalized spacial score (nSPS) is 11.0. The average molecular weight is 401 g/mol. The molecule has 0 atom stereocenters. The molecule has 0 unspecified atom stereocenters. The standard InChI is InChI=1S/C24H23N3O3/c1-17-5-4-8-21-23(17)26-16-27(24(21)29)13-11-22(28)25-12-14-30-20-10-9-18-6-2-3-7-19(18)15-20/h2-10,15-16H,11-14H2,1H3,(H,25,28). The maximum atomic E-state index is 12.6. The minimum Gasteiger partial charge on any atom is -0.492 e. The van der Waals surface area contributed by atoms with Crippen molar-refractivity contribution in [2.75, 3.05) is 13.2 Å². The van der Waals surface area contributed by atoms with Crippen LogP contribution in [-0.4, -0.2) is 28.6 Å². The van der Waals surface area contributed by atoms with Gasteiger partial charge in [-0.25, -0.2) is 4.98 Å². The van der Waals surface area contributed by atoms with Crippen molar-refractivity contribution in [3.63, 3.8) is 0 Å². The van der Waals surface area contributed by atoms with Crippen LogP contribution >= 0.6 is 0 Å². The molecule has 0 aliphatic carbocycles. The Morgan fingerprint density at radius 1 is 1.07 bits per heavy atom. The lowest BCUT2D eigenvalue weighted by molar-refractivity contribution is -0.121. The van der Waals surface area contributed by atoms with Gasteiger partial charge in [0, 0.05) is 13.0 Å². The number of nitrogens with one attached hydrogen (secondary N) is 1. The van der Waals surface area contributed by atoms with Gasteiger partial charge in [0.05, 0.1) is 23.8 Å². The summed E-state index contributed by atoms with van der Waals surface area (Å²) in [6.45, 7) is 2.98. The van der Waals surface area contributed by atoms with Crippen molar-refractivity contribution in [1.82, 2.24) is 14.9 Å².